The van der Waals surface area contributed by atoms with Crippen LogP contribution in [0, 0.1) is 0 Å². The Morgan fingerprint density at radius 2 is 1.17 bits per heavy atom. The number of nitrogens with zero attached hydrogens (tertiary/aromatic N) is 6. The molecule has 0 bridgehead atoms. The molecule has 2 saturated heterocycles. The summed E-state index contributed by atoms with van der Waals surface area (Å²) in [5, 5.41) is 21.3. The third-order valence-corrected chi connectivity index (χ3v) is 14.5. The molecule has 308 valence electrons. The van der Waals surface area contributed by atoms with Gasteiger partial charge in [-0.05, 0) is 94.2 Å². The normalized spacial score (nSPS) is 22.9. The summed E-state index contributed by atoms with van der Waals surface area (Å²) in [5.74, 6) is 1.91. The number of benzene rings is 2. The molecule has 12 nitrogen and oxygen atoms in total. The van der Waals surface area contributed by atoms with Gasteiger partial charge in [0, 0.05) is 76.1 Å². The first-order valence-electron chi connectivity index (χ1n) is 20.6. The number of Topliss-reactive ketones (excluding diaryl/α,β-unsaturated/α-hetero) is 1. The number of aromatic nitrogens is 4. The number of ether oxygens (including phenoxy) is 2. The van der Waals surface area contributed by atoms with Gasteiger partial charge in [0.05, 0.1) is 43.8 Å². The molecule has 16 heteroatoms. The Bertz CT molecular complexity index is 2340. The van der Waals surface area contributed by atoms with Crippen LogP contribution < -0.4 is 29.5 Å². The summed E-state index contributed by atoms with van der Waals surface area (Å²) in [7, 11) is 0. The molecule has 0 radical (unpaired) electrons. The van der Waals surface area contributed by atoms with E-state index in [1.54, 1.807) is 42.3 Å². The molecular formula is C43H56AlLiN8O4S2. The van der Waals surface area contributed by atoms with Gasteiger partial charge in [-0.2, -0.15) is 0 Å². The van der Waals surface area contributed by atoms with Crippen molar-refractivity contribution in [2.24, 2.45) is 0 Å². The molecule has 4 aliphatic rings. The summed E-state index contributed by atoms with van der Waals surface area (Å²) >= 11 is 3.34. The molecule has 6 heterocycles. The molecule has 2 saturated carbocycles. The van der Waals surface area contributed by atoms with Gasteiger partial charge in [-0.15, -0.1) is 22.7 Å². The Balaban J connectivity index is 0.000000192. The quantitative estimate of drug-likeness (QED) is 0.153. The molecule has 4 aromatic heterocycles. The minimum absolute atomic E-state index is 0. The van der Waals surface area contributed by atoms with Crippen molar-refractivity contribution in [2.45, 2.75) is 89.1 Å². The topological polar surface area (TPSA) is 138 Å². The van der Waals surface area contributed by atoms with Crippen molar-refractivity contribution in [3.05, 3.63) is 60.2 Å². The van der Waals surface area contributed by atoms with Gasteiger partial charge in [0.25, 0.3) is 0 Å². The average Bonchev–Trinajstić information content (AvgIpc) is 3.84. The summed E-state index contributed by atoms with van der Waals surface area (Å²) in [6.07, 6.45) is 12.8. The van der Waals surface area contributed by atoms with Gasteiger partial charge < -0.3 is 26.6 Å². The number of aliphatic hydroxyl groups is 1. The first-order chi connectivity index (χ1) is 28.0. The number of fused-ring (bicyclic) bond motifs is 6. The van der Waals surface area contributed by atoms with Crippen LogP contribution in [-0.4, -0.2) is 135 Å². The molecule has 0 amide bonds. The van der Waals surface area contributed by atoms with Crippen molar-refractivity contribution < 1.29 is 39.7 Å². The molecule has 3 N–H and O–H groups in total. The molecule has 10 rings (SSSR count). The number of carbonyl (C=O) groups excluding carboxylic acids is 1. The van der Waals surface area contributed by atoms with Crippen LogP contribution in [0.5, 0.6) is 0 Å². The average molecular weight is 847 g/mol. The molecule has 0 unspecified atom stereocenters. The zero-order chi connectivity index (χ0) is 38.7. The molecule has 2 aliphatic carbocycles. The number of morpholine rings is 2. The first-order valence-corrected chi connectivity index (χ1v) is 22.3. The van der Waals surface area contributed by atoms with Gasteiger partial charge in [-0.1, -0.05) is 6.07 Å². The monoisotopic (exact) mass is 846 g/mol. The van der Waals surface area contributed by atoms with Crippen LogP contribution in [0.2, 0.25) is 0 Å². The van der Waals surface area contributed by atoms with E-state index < -0.39 is 0 Å². The van der Waals surface area contributed by atoms with E-state index in [1.165, 1.54) is 30.4 Å². The van der Waals surface area contributed by atoms with Crippen molar-refractivity contribution in [2.75, 3.05) is 63.2 Å². The smallest absolute Gasteiger partial charge is 1.00 e. The second-order valence-electron chi connectivity index (χ2n) is 15.9. The standard InChI is InChI=1S/C22H26N4O2S.C21H26N4O2S.Al.Li.4H/c1-14(27)15-2-7-19-18(12-15)20-21(23-13-24-22(20)29-19)25-16-3-5-17(6-4-16)26-8-10-28-11-9-26;26-12-14-1-6-18-17(11-14)19-20(22-13-23-21(19)28-18)24-15-2-4-16(5-3-15)25-7-9-27-10-8-25;;;;;;/h2,7,12-13,16-17H,3-6,8-11H2,1H3,(H,23,24,25);1,6,11,13,15-16,26H,2-5,7-10,12H2,(H,22,23,24);;;;;;/q;;;+1;;;;-1. The predicted molar refractivity (Wildman–Crippen MR) is 241 cm³/mol. The van der Waals surface area contributed by atoms with Gasteiger partial charge in [0.1, 0.15) is 34.0 Å². The Morgan fingerprint density at radius 1 is 0.712 bits per heavy atom. The van der Waals surface area contributed by atoms with Crippen LogP contribution in [0.25, 0.3) is 40.6 Å². The molecule has 4 fully saturated rings. The molecule has 0 spiro atoms. The maximum absolute atomic E-state index is 11.9. The van der Waals surface area contributed by atoms with Crippen LogP contribution in [0.1, 0.15) is 75.6 Å². The minimum Gasteiger partial charge on any atom is -1.00 e. The Labute approximate surface area is 377 Å². The zero-order valence-corrected chi connectivity index (χ0v) is 35.3. The maximum Gasteiger partial charge on any atom is 1.00 e. The third-order valence-electron chi connectivity index (χ3n) is 12.4. The summed E-state index contributed by atoms with van der Waals surface area (Å²) in [5.41, 5.74) is 1.66. The fourth-order valence-corrected chi connectivity index (χ4v) is 11.3. The van der Waals surface area contributed by atoms with E-state index in [9.17, 15) is 9.90 Å². The number of thiophene rings is 2. The van der Waals surface area contributed by atoms with Gasteiger partial charge in [-0.3, -0.25) is 14.6 Å². The number of carbonyl (C=O) groups is 1. The minimum atomic E-state index is 0. The van der Waals surface area contributed by atoms with Crippen molar-refractivity contribution in [1.82, 2.24) is 29.7 Å². The number of hydrogen-bond donors (Lipinski definition) is 3. The van der Waals surface area contributed by atoms with Crippen molar-refractivity contribution in [3.8, 4) is 0 Å². The number of hydrogen-bond acceptors (Lipinski definition) is 14. The van der Waals surface area contributed by atoms with Crippen molar-refractivity contribution in [3.63, 3.8) is 0 Å². The molecular weight excluding hydrogens is 791 g/mol. The van der Waals surface area contributed by atoms with Crippen LogP contribution in [-0.2, 0) is 16.1 Å². The SMILES string of the molecule is CC(=O)c1ccc2sc3ncnc(NC4CCC(N5CCOCC5)CC4)c3c2c1.OCc1ccc2sc3ncnc(NC4CCC(N5CCOCC5)CC4)c3c2c1.[AlH3].[H-].[Li+]. The van der Waals surface area contributed by atoms with Crippen LogP contribution in [0.15, 0.2) is 49.1 Å². The van der Waals surface area contributed by atoms with Gasteiger partial charge >= 0.3 is 18.9 Å². The second kappa shape index (κ2) is 20.4. The first kappa shape index (κ1) is 44.3. The van der Waals surface area contributed by atoms with E-state index in [-0.39, 0.29) is 50.0 Å². The summed E-state index contributed by atoms with van der Waals surface area (Å²) in [6.45, 7) is 9.41. The fraction of sp³-hybridized carbons (Fsp3) is 0.512. The van der Waals surface area contributed by atoms with E-state index in [4.69, 9.17) is 9.47 Å². The van der Waals surface area contributed by atoms with Crippen LogP contribution in [0.3, 0.4) is 0 Å². The molecule has 2 aromatic carbocycles. The van der Waals surface area contributed by atoms with Crippen LogP contribution >= 0.6 is 22.7 Å². The summed E-state index contributed by atoms with van der Waals surface area (Å²) < 4.78 is 13.3. The largest absolute Gasteiger partial charge is 1.00 e. The molecule has 59 heavy (non-hydrogen) atoms. The fourth-order valence-electron chi connectivity index (χ4n) is 9.24. The number of anilines is 2. The van der Waals surface area contributed by atoms with E-state index in [0.29, 0.717) is 24.2 Å². The van der Waals surface area contributed by atoms with E-state index >= 15 is 0 Å². The molecule has 0 atom stereocenters. The Hall–Kier alpha value is -2.76. The second-order valence-corrected chi connectivity index (χ2v) is 17.9. The van der Waals surface area contributed by atoms with Gasteiger partial charge in [-0.25, -0.2) is 19.9 Å². The van der Waals surface area contributed by atoms with E-state index in [2.05, 4.69) is 52.5 Å². The molecule has 2 aliphatic heterocycles. The summed E-state index contributed by atoms with van der Waals surface area (Å²) in [6, 6.07) is 14.3. The number of aliphatic hydroxyl groups excluding tert-OH is 1. The van der Waals surface area contributed by atoms with E-state index in [1.807, 2.05) is 24.3 Å². The van der Waals surface area contributed by atoms with E-state index in [0.717, 1.165) is 137 Å². The third kappa shape index (κ3) is 9.98. The Kier molecular flexibility index (Phi) is 15.3. The van der Waals surface area contributed by atoms with Gasteiger partial charge in [0.15, 0.2) is 23.1 Å². The summed E-state index contributed by atoms with van der Waals surface area (Å²) in [4.78, 5) is 37.2. The van der Waals surface area contributed by atoms with Gasteiger partial charge in [0.2, 0.25) is 0 Å². The maximum atomic E-state index is 11.9. The molecule has 6 aromatic rings. The zero-order valence-electron chi connectivity index (χ0n) is 34.6. The number of ketones is 1. The predicted octanol–water partition coefficient (Wildman–Crippen LogP) is 3.43. The van der Waals surface area contributed by atoms with Crippen molar-refractivity contribution >= 4 is 98.1 Å². The number of rotatable bonds is 8. The van der Waals surface area contributed by atoms with Crippen molar-refractivity contribution in [1.29, 1.82) is 0 Å². The van der Waals surface area contributed by atoms with Crippen LogP contribution in [0.4, 0.5) is 11.6 Å². The number of nitrogens with one attached hydrogen (secondary N) is 2. The Morgan fingerprint density at radius 3 is 1.63 bits per heavy atom.